The van der Waals surface area contributed by atoms with E-state index in [1.54, 1.807) is 269 Å². The first-order valence-corrected chi connectivity index (χ1v) is 37.4. The molecular formula is C52H94AuBr3Cl2F6IrOP5-4. The molecule has 0 atom stereocenters. The Morgan fingerprint density at radius 3 is 0.479 bits per heavy atom. The molecule has 8 saturated carbocycles. The molecule has 0 amide bonds. The van der Waals surface area contributed by atoms with Crippen molar-refractivity contribution >= 4 is 62.7 Å². The summed E-state index contributed by atoms with van der Waals surface area (Å²) < 4.78 is 66.7. The van der Waals surface area contributed by atoms with Crippen LogP contribution in [0.3, 0.4) is 0 Å². The van der Waals surface area contributed by atoms with Gasteiger partial charge < -0.3 is 50.9 Å². The van der Waals surface area contributed by atoms with E-state index >= 15 is 0 Å². The fourth-order valence-corrected chi connectivity index (χ4v) is 34.8. The fraction of sp³-hybridized carbons (Fsp3) is 0.981. The number of halogens is 11. The molecule has 0 aliphatic heterocycles. The first-order chi connectivity index (χ1) is 31.7. The van der Waals surface area contributed by atoms with Crippen LogP contribution < -0.4 is 50.9 Å². The fourth-order valence-electron chi connectivity index (χ4n) is 13.8. The van der Waals surface area contributed by atoms with Crippen LogP contribution >= 0.6 is 62.7 Å². The Morgan fingerprint density at radius 1 is 0.310 bits per heavy atom. The summed E-state index contributed by atoms with van der Waals surface area (Å²) >= 11 is 9.53. The molecule has 71 heavy (non-hydrogen) atoms. The largest absolute Gasteiger partial charge is 0 e. The molecule has 0 saturated heterocycles. The predicted molar refractivity (Wildman–Crippen MR) is 286 cm³/mol. The van der Waals surface area contributed by atoms with Crippen molar-refractivity contribution < 1.29 is 123 Å². The van der Waals surface area contributed by atoms with Gasteiger partial charge in [-0.1, -0.05) is 186 Å². The van der Waals surface area contributed by atoms with Gasteiger partial charge in [0.15, 0.2) is 0 Å². The Bertz CT molecular complexity index is 1050. The third-order valence-corrected chi connectivity index (χ3v) is 33.9. The molecule has 0 heterocycles. The van der Waals surface area contributed by atoms with Crippen LogP contribution in [0, 0.1) is 6.65 Å². The van der Waals surface area contributed by atoms with Gasteiger partial charge in [0.1, 0.15) is 0 Å². The van der Waals surface area contributed by atoms with Gasteiger partial charge in [-0.2, -0.15) is 0 Å². The zero-order chi connectivity index (χ0) is 47.7. The standard InChI is InChI=1S/2C25H46P2.CH2Cl2.CO.Au.3BrH.F6P.Ir/c2*1-5-13-22(14-6-1)26(23-15-7-2-8-16-23)21-27(24-17-9-3-10-18-24)25-19-11-4-12-20-25;2-1-3;1-2;;;;;1-7(2,3,4,5)6;/h2*22-25H,1-21H2;1H2;;;3*1H;;/q;;;;;;;;-1;/p-3. The van der Waals surface area contributed by atoms with E-state index in [-0.39, 0.29) is 98.8 Å². The maximum atomic E-state index is 9.87. The smallest absolute Gasteiger partial charge is 0 e. The van der Waals surface area contributed by atoms with Crippen LogP contribution in [0.1, 0.15) is 257 Å². The topological polar surface area (TPSA) is 19.9 Å². The molecule has 0 N–H and O–H groups in total. The summed E-state index contributed by atoms with van der Waals surface area (Å²) in [5.74, 6) is 3.57. The SMILES string of the molecule is C1CCC(P(CP(C2CCCCC2)C2CCCCC2)C2CCCCC2)CC1.C1CCC(P(CP(C2CCCCC2)C2CCCCC2)C2CCCCC2)CC1.ClCCl.F[P-](F)(F)(F)(F)F.[Au].[Br-].[Br-].[Br-].[C-]#[O+].[Ir]. The molecule has 0 spiro atoms. The van der Waals surface area contributed by atoms with Crippen LogP contribution in [0.15, 0.2) is 0 Å². The normalized spacial score (nSPS) is 24.0. The Kier molecular flexibility index (Phi) is 45.9. The minimum atomic E-state index is -10.7. The van der Waals surface area contributed by atoms with Crippen LogP contribution in [-0.4, -0.2) is 62.4 Å². The molecular weight excluding hydrogens is 1610 g/mol. The quantitative estimate of drug-likeness (QED) is 0.0464. The Labute approximate surface area is 506 Å². The van der Waals surface area contributed by atoms with Crippen LogP contribution in [0.2, 0.25) is 0 Å². The van der Waals surface area contributed by atoms with Gasteiger partial charge in [0.25, 0.3) is 0 Å². The number of alkyl halides is 2. The zero-order valence-electron chi connectivity index (χ0n) is 43.0. The summed E-state index contributed by atoms with van der Waals surface area (Å²) in [5, 5.41) is 0.194. The third kappa shape index (κ3) is 33.5. The van der Waals surface area contributed by atoms with Crippen molar-refractivity contribution in [2.45, 2.75) is 302 Å². The minimum absolute atomic E-state index is 0. The summed E-state index contributed by atoms with van der Waals surface area (Å²) in [6.07, 6.45) is 63.5. The molecule has 19 heteroatoms. The number of hydrogen-bond acceptors (Lipinski definition) is 0. The maximum Gasteiger partial charge on any atom is 0 e. The minimum Gasteiger partial charge on any atom is 0 e. The third-order valence-electron chi connectivity index (χ3n) is 17.0. The molecule has 0 unspecified atom stereocenters. The first kappa shape index (κ1) is 77.9. The zero-order valence-corrected chi connectivity index (χ0v) is 58.3. The summed E-state index contributed by atoms with van der Waals surface area (Å²) in [4.78, 5) is 0. The van der Waals surface area contributed by atoms with Crippen molar-refractivity contribution in [2.75, 3.05) is 17.1 Å². The van der Waals surface area contributed by atoms with Crippen molar-refractivity contribution in [3.63, 3.8) is 0 Å². The van der Waals surface area contributed by atoms with Crippen LogP contribution in [-0.2, 0) is 47.1 Å². The number of hydrogen-bond donors (Lipinski definition) is 0. The second-order valence-electron chi connectivity index (χ2n) is 21.7. The van der Waals surface area contributed by atoms with Gasteiger partial charge in [0, 0.05) is 42.5 Å². The van der Waals surface area contributed by atoms with E-state index in [4.69, 9.17) is 27.9 Å². The summed E-state index contributed by atoms with van der Waals surface area (Å²) in [6, 6.07) is 0. The van der Waals surface area contributed by atoms with Crippen molar-refractivity contribution in [3.05, 3.63) is 6.65 Å². The molecule has 1 nitrogen and oxygen atoms in total. The Hall–Kier alpha value is 4.88. The predicted octanol–water partition coefficient (Wildman–Crippen LogP) is 14.3. The first-order valence-electron chi connectivity index (χ1n) is 27.6. The van der Waals surface area contributed by atoms with E-state index in [0.29, 0.717) is 31.7 Å². The molecule has 434 valence electrons. The van der Waals surface area contributed by atoms with Crippen molar-refractivity contribution in [2.24, 2.45) is 0 Å². The van der Waals surface area contributed by atoms with E-state index in [0.717, 1.165) is 0 Å². The van der Waals surface area contributed by atoms with E-state index in [1.165, 1.54) is 45.3 Å². The van der Waals surface area contributed by atoms with Gasteiger partial charge in [-0.25, -0.2) is 0 Å². The molecule has 0 aromatic rings. The summed E-state index contributed by atoms with van der Waals surface area (Å²) in [5.41, 5.74) is 9.51. The van der Waals surface area contributed by atoms with Crippen LogP contribution in [0.4, 0.5) is 25.2 Å². The Balaban J connectivity index is 0. The number of rotatable bonds is 12. The molecule has 8 aliphatic rings. The molecule has 0 aromatic carbocycles. The van der Waals surface area contributed by atoms with Gasteiger partial charge in [0.05, 0.1) is 5.34 Å². The maximum absolute atomic E-state index is 10.7. The van der Waals surface area contributed by atoms with E-state index < -0.39 is 7.81 Å². The monoisotopic (exact) mass is 1700 g/mol. The second kappa shape index (κ2) is 41.8. The Morgan fingerprint density at radius 2 is 0.394 bits per heavy atom. The van der Waals surface area contributed by atoms with Gasteiger partial charge in [-0.05, 0) is 160 Å². The molecule has 0 bridgehead atoms. The average molecular weight is 1700 g/mol. The molecule has 8 rings (SSSR count). The van der Waals surface area contributed by atoms with Crippen LogP contribution in [0.5, 0.6) is 0 Å². The van der Waals surface area contributed by atoms with Crippen molar-refractivity contribution in [3.8, 4) is 0 Å². The van der Waals surface area contributed by atoms with Crippen LogP contribution in [0.25, 0.3) is 0 Å². The second-order valence-corrected chi connectivity index (χ2v) is 36.7. The van der Waals surface area contributed by atoms with Gasteiger partial charge >= 0.3 is 44.3 Å². The van der Waals surface area contributed by atoms with Gasteiger partial charge in [0.2, 0.25) is 0 Å². The van der Waals surface area contributed by atoms with Crippen molar-refractivity contribution in [1.82, 2.24) is 0 Å². The average Bonchev–Trinajstić information content (AvgIpc) is 3.34. The molecule has 8 fully saturated rings. The van der Waals surface area contributed by atoms with Crippen molar-refractivity contribution in [1.29, 1.82) is 0 Å². The van der Waals surface area contributed by atoms with E-state index in [1.807, 2.05) is 0 Å². The molecule has 0 aromatic heterocycles. The van der Waals surface area contributed by atoms with Gasteiger partial charge in [-0.15, -0.1) is 23.2 Å². The summed E-state index contributed by atoms with van der Waals surface area (Å²) in [6.45, 7) is 4.50. The summed E-state index contributed by atoms with van der Waals surface area (Å²) in [7, 11) is -9.29. The molecule has 2 radical (unpaired) electrons. The van der Waals surface area contributed by atoms with Gasteiger partial charge in [-0.3, -0.25) is 0 Å². The molecule has 8 aliphatic carbocycles. The van der Waals surface area contributed by atoms with E-state index in [2.05, 4.69) is 6.65 Å². The van der Waals surface area contributed by atoms with E-state index in [9.17, 15) is 25.2 Å².